The molecular formula is C18H32N2O4. The summed E-state index contributed by atoms with van der Waals surface area (Å²) in [6, 6.07) is -0.493. The number of rotatable bonds is 6. The predicted octanol–water partition coefficient (Wildman–Crippen LogP) is 2.09. The van der Waals surface area contributed by atoms with Gasteiger partial charge in [0.05, 0.1) is 12.2 Å². The van der Waals surface area contributed by atoms with Gasteiger partial charge in [0, 0.05) is 25.2 Å². The zero-order valence-corrected chi connectivity index (χ0v) is 16.1. The van der Waals surface area contributed by atoms with Crippen molar-refractivity contribution in [2.75, 3.05) is 26.7 Å². The monoisotopic (exact) mass is 340 g/mol. The molecule has 6 nitrogen and oxygen atoms in total. The minimum absolute atomic E-state index is 0.0375. The van der Waals surface area contributed by atoms with E-state index in [4.69, 9.17) is 9.47 Å². The third kappa shape index (κ3) is 6.15. The number of ether oxygens (including phenoxy) is 2. The van der Waals surface area contributed by atoms with Crippen molar-refractivity contribution in [1.82, 2.24) is 10.2 Å². The molecule has 0 aromatic rings. The highest BCUT2D eigenvalue weighted by Crippen LogP contribution is 2.20. The zero-order valence-electron chi connectivity index (χ0n) is 16.1. The molecule has 0 saturated carbocycles. The van der Waals surface area contributed by atoms with Crippen LogP contribution in [0, 0.1) is 5.92 Å². The van der Waals surface area contributed by atoms with Crippen LogP contribution >= 0.6 is 0 Å². The van der Waals surface area contributed by atoms with E-state index in [-0.39, 0.29) is 17.9 Å². The third-order valence-corrected chi connectivity index (χ3v) is 3.71. The Labute approximate surface area is 145 Å². The number of likely N-dealkylation sites (N-methyl/N-ethyl adjacent to an activating group) is 1. The lowest BCUT2D eigenvalue weighted by molar-refractivity contribution is -0.158. The zero-order chi connectivity index (χ0) is 18.5. The van der Waals surface area contributed by atoms with Gasteiger partial charge in [0.25, 0.3) is 0 Å². The Morgan fingerprint density at radius 1 is 1.29 bits per heavy atom. The van der Waals surface area contributed by atoms with Crippen LogP contribution in [-0.2, 0) is 19.1 Å². The minimum Gasteiger partial charge on any atom is -0.463 e. The summed E-state index contributed by atoms with van der Waals surface area (Å²) in [6.45, 7) is 12.9. The Morgan fingerprint density at radius 2 is 1.92 bits per heavy atom. The van der Waals surface area contributed by atoms with Gasteiger partial charge in [0.15, 0.2) is 0 Å². The molecule has 24 heavy (non-hydrogen) atoms. The van der Waals surface area contributed by atoms with E-state index in [1.807, 2.05) is 41.7 Å². The van der Waals surface area contributed by atoms with Crippen LogP contribution in [0.5, 0.6) is 0 Å². The number of esters is 2. The van der Waals surface area contributed by atoms with Crippen LogP contribution in [-0.4, -0.2) is 55.2 Å². The molecule has 0 aromatic carbocycles. The summed E-state index contributed by atoms with van der Waals surface area (Å²) < 4.78 is 10.7. The topological polar surface area (TPSA) is 67.9 Å². The van der Waals surface area contributed by atoms with E-state index >= 15 is 0 Å². The fourth-order valence-electron chi connectivity index (χ4n) is 2.51. The molecule has 6 heteroatoms. The van der Waals surface area contributed by atoms with Crippen molar-refractivity contribution in [3.63, 3.8) is 0 Å². The molecular weight excluding hydrogens is 308 g/mol. The molecule has 1 rings (SSSR count). The van der Waals surface area contributed by atoms with Crippen LogP contribution in [0.15, 0.2) is 11.3 Å². The Balaban J connectivity index is 3.02. The van der Waals surface area contributed by atoms with Gasteiger partial charge in [-0.05, 0) is 40.7 Å². The largest absolute Gasteiger partial charge is 0.463 e. The van der Waals surface area contributed by atoms with E-state index in [0.29, 0.717) is 25.1 Å². The second-order valence-corrected chi connectivity index (χ2v) is 7.56. The van der Waals surface area contributed by atoms with Gasteiger partial charge in [-0.3, -0.25) is 0 Å². The predicted molar refractivity (Wildman–Crippen MR) is 93.4 cm³/mol. The lowest BCUT2D eigenvalue weighted by Crippen LogP contribution is -2.46. The Morgan fingerprint density at radius 3 is 2.42 bits per heavy atom. The van der Waals surface area contributed by atoms with Gasteiger partial charge in [0.2, 0.25) is 0 Å². The summed E-state index contributed by atoms with van der Waals surface area (Å²) in [7, 11) is 1.96. The third-order valence-electron chi connectivity index (χ3n) is 3.71. The van der Waals surface area contributed by atoms with Crippen molar-refractivity contribution in [2.24, 2.45) is 5.92 Å². The molecule has 1 atom stereocenters. The Bertz CT molecular complexity index is 492. The van der Waals surface area contributed by atoms with Crippen molar-refractivity contribution in [3.05, 3.63) is 11.3 Å². The first-order valence-corrected chi connectivity index (χ1v) is 8.62. The molecule has 0 saturated heterocycles. The van der Waals surface area contributed by atoms with Crippen LogP contribution in [0.1, 0.15) is 48.0 Å². The number of carbonyl (C=O) groups excluding carboxylic acids is 2. The molecule has 1 unspecified atom stereocenters. The standard InChI is InChI=1S/C18H32N2O4/c1-8-23-16(21)13-11-20(7)10-9-14(13)19-15(12(2)3)17(22)24-18(4,5)6/h12,15,19H,8-11H2,1-7H3. The van der Waals surface area contributed by atoms with Gasteiger partial charge in [0.1, 0.15) is 11.6 Å². The Kier molecular flexibility index (Phi) is 7.27. The molecule has 0 fully saturated rings. The van der Waals surface area contributed by atoms with E-state index in [1.54, 1.807) is 6.92 Å². The number of hydrogen-bond acceptors (Lipinski definition) is 6. The highest BCUT2D eigenvalue weighted by molar-refractivity contribution is 5.90. The maximum Gasteiger partial charge on any atom is 0.337 e. The molecule has 0 aliphatic carbocycles. The van der Waals surface area contributed by atoms with Crippen molar-refractivity contribution in [3.8, 4) is 0 Å². The quantitative estimate of drug-likeness (QED) is 0.747. The lowest BCUT2D eigenvalue weighted by Gasteiger charge is -2.32. The summed E-state index contributed by atoms with van der Waals surface area (Å²) in [6.07, 6.45) is 0.677. The maximum atomic E-state index is 12.5. The highest BCUT2D eigenvalue weighted by atomic mass is 16.6. The number of carbonyl (C=O) groups is 2. The second-order valence-electron chi connectivity index (χ2n) is 7.56. The molecule has 1 N–H and O–H groups in total. The van der Waals surface area contributed by atoms with Gasteiger partial charge in [-0.2, -0.15) is 0 Å². The lowest BCUT2D eigenvalue weighted by atomic mass is 10.0. The van der Waals surface area contributed by atoms with Crippen molar-refractivity contribution < 1.29 is 19.1 Å². The molecule has 138 valence electrons. The van der Waals surface area contributed by atoms with E-state index in [2.05, 4.69) is 10.2 Å². The van der Waals surface area contributed by atoms with E-state index in [9.17, 15) is 9.59 Å². The second kappa shape index (κ2) is 8.51. The molecule has 0 bridgehead atoms. The summed E-state index contributed by atoms with van der Waals surface area (Å²) in [5.41, 5.74) is 0.841. The number of hydrogen-bond donors (Lipinski definition) is 1. The van der Waals surface area contributed by atoms with Crippen LogP contribution in [0.2, 0.25) is 0 Å². The van der Waals surface area contributed by atoms with Crippen molar-refractivity contribution in [2.45, 2.75) is 59.6 Å². The van der Waals surface area contributed by atoms with Gasteiger partial charge in [-0.15, -0.1) is 0 Å². The summed E-state index contributed by atoms with van der Waals surface area (Å²) in [4.78, 5) is 26.8. The number of nitrogens with zero attached hydrogens (tertiary/aromatic N) is 1. The average Bonchev–Trinajstić information content (AvgIpc) is 2.43. The first kappa shape index (κ1) is 20.5. The van der Waals surface area contributed by atoms with E-state index < -0.39 is 11.6 Å². The molecule has 0 amide bonds. The maximum absolute atomic E-state index is 12.5. The van der Waals surface area contributed by atoms with Gasteiger partial charge in [-0.1, -0.05) is 13.8 Å². The SMILES string of the molecule is CCOC(=O)C1=C(NC(C(=O)OC(C)(C)C)C(C)C)CCN(C)C1. The molecule has 1 aliphatic heterocycles. The summed E-state index contributed by atoms with van der Waals surface area (Å²) >= 11 is 0. The first-order chi connectivity index (χ1) is 11.0. The van der Waals surface area contributed by atoms with Crippen molar-refractivity contribution in [1.29, 1.82) is 0 Å². The van der Waals surface area contributed by atoms with E-state index in [1.165, 1.54) is 0 Å². The normalized spacial score (nSPS) is 17.7. The summed E-state index contributed by atoms with van der Waals surface area (Å²) in [5.74, 6) is -0.583. The highest BCUT2D eigenvalue weighted by Gasteiger charge is 2.31. The Hall–Kier alpha value is -1.56. The molecule has 1 heterocycles. The average molecular weight is 340 g/mol. The molecule has 0 spiro atoms. The number of nitrogens with one attached hydrogen (secondary N) is 1. The molecule has 1 aliphatic rings. The van der Waals surface area contributed by atoms with Gasteiger partial charge in [-0.25, -0.2) is 9.59 Å². The van der Waals surface area contributed by atoms with Crippen LogP contribution < -0.4 is 5.32 Å². The summed E-state index contributed by atoms with van der Waals surface area (Å²) in [5, 5.41) is 3.27. The van der Waals surface area contributed by atoms with Crippen molar-refractivity contribution >= 4 is 11.9 Å². The fourth-order valence-corrected chi connectivity index (χ4v) is 2.51. The minimum atomic E-state index is -0.545. The molecule has 0 radical (unpaired) electrons. The molecule has 0 aromatic heterocycles. The van der Waals surface area contributed by atoms with Gasteiger partial charge >= 0.3 is 11.9 Å². The van der Waals surface area contributed by atoms with Crippen LogP contribution in [0.3, 0.4) is 0 Å². The van der Waals surface area contributed by atoms with Gasteiger partial charge < -0.3 is 19.7 Å². The fraction of sp³-hybridized carbons (Fsp3) is 0.778. The van der Waals surface area contributed by atoms with Crippen LogP contribution in [0.25, 0.3) is 0 Å². The first-order valence-electron chi connectivity index (χ1n) is 8.62. The van der Waals surface area contributed by atoms with E-state index in [0.717, 1.165) is 12.2 Å². The van der Waals surface area contributed by atoms with Crippen LogP contribution in [0.4, 0.5) is 0 Å². The smallest absolute Gasteiger partial charge is 0.337 e.